The maximum Gasteiger partial charge on any atom is 0.119 e. The van der Waals surface area contributed by atoms with Crippen LogP contribution < -0.4 is 15.2 Å². The molecule has 0 atom stereocenters. The third-order valence-corrected chi connectivity index (χ3v) is 4.01. The molecule has 0 aliphatic carbocycles. The van der Waals surface area contributed by atoms with Gasteiger partial charge in [0.1, 0.15) is 18.1 Å². The maximum absolute atomic E-state index is 5.80. The summed E-state index contributed by atoms with van der Waals surface area (Å²) in [4.78, 5) is 2.46. The van der Waals surface area contributed by atoms with Gasteiger partial charge in [-0.15, -0.1) is 12.4 Å². The summed E-state index contributed by atoms with van der Waals surface area (Å²) in [6, 6.07) is 7.90. The van der Waals surface area contributed by atoms with Crippen LogP contribution in [0, 0.1) is 5.92 Å². The molecule has 1 aliphatic rings. The smallest absolute Gasteiger partial charge is 0.119 e. The molecule has 0 radical (unpaired) electrons. The summed E-state index contributed by atoms with van der Waals surface area (Å²) in [5, 5.41) is 0. The topological polar surface area (TPSA) is 47.7 Å². The van der Waals surface area contributed by atoms with Crippen molar-refractivity contribution in [1.29, 1.82) is 0 Å². The number of hydrogen-bond donors (Lipinski definition) is 1. The summed E-state index contributed by atoms with van der Waals surface area (Å²) in [6.45, 7) is 7.72. The van der Waals surface area contributed by atoms with E-state index in [4.69, 9.17) is 15.2 Å². The zero-order valence-electron chi connectivity index (χ0n) is 13.5. The lowest BCUT2D eigenvalue weighted by Gasteiger charge is -2.31. The predicted octanol–water partition coefficient (Wildman–Crippen LogP) is 2.95. The fraction of sp³-hybridized carbons (Fsp3) is 0.647. The monoisotopic (exact) mass is 328 g/mol. The number of rotatable bonds is 8. The fourth-order valence-corrected chi connectivity index (χ4v) is 2.59. The second-order valence-corrected chi connectivity index (χ2v) is 5.69. The Balaban J connectivity index is 0.00000242. The van der Waals surface area contributed by atoms with E-state index in [1.807, 2.05) is 24.3 Å². The van der Waals surface area contributed by atoms with Crippen LogP contribution >= 0.6 is 12.4 Å². The van der Waals surface area contributed by atoms with E-state index in [0.29, 0.717) is 0 Å². The number of nitrogens with zero attached hydrogens (tertiary/aromatic N) is 1. The highest BCUT2D eigenvalue weighted by molar-refractivity contribution is 5.85. The van der Waals surface area contributed by atoms with Crippen LogP contribution in [0.5, 0.6) is 11.5 Å². The zero-order valence-corrected chi connectivity index (χ0v) is 14.3. The van der Waals surface area contributed by atoms with E-state index in [1.165, 1.54) is 12.8 Å². The minimum absolute atomic E-state index is 0. The first-order valence-corrected chi connectivity index (χ1v) is 8.10. The van der Waals surface area contributed by atoms with Gasteiger partial charge in [0.25, 0.3) is 0 Å². The fourth-order valence-electron chi connectivity index (χ4n) is 2.59. The standard InChI is InChI=1S/C17H28N2O2.ClH/c1-2-12-20-16-3-5-17(6-4-16)21-13-11-19-9-7-15(14-18)8-10-19;/h3-6,15H,2,7-14,18H2,1H3;1H. The molecule has 0 bridgehead atoms. The Morgan fingerprint density at radius 1 is 1.05 bits per heavy atom. The van der Waals surface area contributed by atoms with E-state index < -0.39 is 0 Å². The summed E-state index contributed by atoms with van der Waals surface area (Å²) in [7, 11) is 0. The van der Waals surface area contributed by atoms with Crippen LogP contribution in [0.25, 0.3) is 0 Å². The minimum Gasteiger partial charge on any atom is -0.494 e. The maximum atomic E-state index is 5.80. The van der Waals surface area contributed by atoms with Crippen molar-refractivity contribution < 1.29 is 9.47 Å². The molecule has 1 aliphatic heterocycles. The number of likely N-dealkylation sites (tertiary alicyclic amines) is 1. The summed E-state index contributed by atoms with van der Waals surface area (Å²) < 4.78 is 11.4. The molecule has 0 aromatic heterocycles. The molecular formula is C17H29ClN2O2. The van der Waals surface area contributed by atoms with Crippen molar-refractivity contribution in [3.63, 3.8) is 0 Å². The molecule has 126 valence electrons. The van der Waals surface area contributed by atoms with Crippen molar-refractivity contribution in [3.05, 3.63) is 24.3 Å². The van der Waals surface area contributed by atoms with E-state index in [9.17, 15) is 0 Å². The minimum atomic E-state index is 0. The van der Waals surface area contributed by atoms with Crippen LogP contribution in [0.15, 0.2) is 24.3 Å². The van der Waals surface area contributed by atoms with Crippen LogP contribution in [0.2, 0.25) is 0 Å². The highest BCUT2D eigenvalue weighted by Crippen LogP contribution is 2.18. The highest BCUT2D eigenvalue weighted by atomic mass is 35.5. The molecule has 0 unspecified atom stereocenters. The summed E-state index contributed by atoms with van der Waals surface area (Å²) >= 11 is 0. The molecule has 2 rings (SSSR count). The Hall–Kier alpha value is -0.970. The summed E-state index contributed by atoms with van der Waals surface area (Å²) in [6.07, 6.45) is 3.47. The van der Waals surface area contributed by atoms with E-state index in [0.717, 1.165) is 63.2 Å². The van der Waals surface area contributed by atoms with E-state index in [2.05, 4.69) is 11.8 Å². The van der Waals surface area contributed by atoms with Gasteiger partial charge in [0, 0.05) is 6.54 Å². The molecule has 1 saturated heterocycles. The van der Waals surface area contributed by atoms with Gasteiger partial charge < -0.3 is 15.2 Å². The predicted molar refractivity (Wildman–Crippen MR) is 93.2 cm³/mol. The van der Waals surface area contributed by atoms with Crippen molar-refractivity contribution in [2.45, 2.75) is 26.2 Å². The molecular weight excluding hydrogens is 300 g/mol. The Kier molecular flexibility index (Phi) is 9.28. The van der Waals surface area contributed by atoms with E-state index in [1.54, 1.807) is 0 Å². The first kappa shape index (κ1) is 19.1. The molecule has 2 N–H and O–H groups in total. The largest absolute Gasteiger partial charge is 0.494 e. The van der Waals surface area contributed by atoms with Crippen LogP contribution in [0.4, 0.5) is 0 Å². The number of nitrogens with two attached hydrogens (primary N) is 1. The third-order valence-electron chi connectivity index (χ3n) is 4.01. The molecule has 1 aromatic carbocycles. The van der Waals surface area contributed by atoms with Gasteiger partial charge in [-0.2, -0.15) is 0 Å². The SMILES string of the molecule is CCCOc1ccc(OCCN2CCC(CN)CC2)cc1.Cl. The summed E-state index contributed by atoms with van der Waals surface area (Å²) in [5.74, 6) is 2.54. The lowest BCUT2D eigenvalue weighted by atomic mass is 9.97. The summed E-state index contributed by atoms with van der Waals surface area (Å²) in [5.41, 5.74) is 5.71. The van der Waals surface area contributed by atoms with E-state index >= 15 is 0 Å². The molecule has 0 spiro atoms. The first-order chi connectivity index (χ1) is 10.3. The number of ether oxygens (including phenoxy) is 2. The van der Waals surface area contributed by atoms with Gasteiger partial charge in [-0.3, -0.25) is 4.90 Å². The molecule has 4 nitrogen and oxygen atoms in total. The molecule has 0 amide bonds. The Labute approximate surface area is 140 Å². The number of piperidine rings is 1. The Morgan fingerprint density at radius 3 is 2.09 bits per heavy atom. The Bertz CT molecular complexity index is 392. The van der Waals surface area contributed by atoms with Crippen LogP contribution in [0.3, 0.4) is 0 Å². The number of benzene rings is 1. The molecule has 1 fully saturated rings. The van der Waals surface area contributed by atoms with Crippen molar-refractivity contribution in [3.8, 4) is 11.5 Å². The van der Waals surface area contributed by atoms with Gasteiger partial charge >= 0.3 is 0 Å². The average molecular weight is 329 g/mol. The van der Waals surface area contributed by atoms with Crippen LogP contribution in [-0.2, 0) is 0 Å². The Morgan fingerprint density at radius 2 is 1.59 bits per heavy atom. The lowest BCUT2D eigenvalue weighted by Crippen LogP contribution is -2.38. The van der Waals surface area contributed by atoms with Crippen LogP contribution in [0.1, 0.15) is 26.2 Å². The van der Waals surface area contributed by atoms with Crippen molar-refractivity contribution in [1.82, 2.24) is 4.90 Å². The first-order valence-electron chi connectivity index (χ1n) is 8.10. The van der Waals surface area contributed by atoms with Gasteiger partial charge in [0.15, 0.2) is 0 Å². The second-order valence-electron chi connectivity index (χ2n) is 5.69. The molecule has 22 heavy (non-hydrogen) atoms. The average Bonchev–Trinajstić information content (AvgIpc) is 2.55. The third kappa shape index (κ3) is 6.42. The van der Waals surface area contributed by atoms with Crippen molar-refractivity contribution in [2.24, 2.45) is 11.7 Å². The van der Waals surface area contributed by atoms with E-state index in [-0.39, 0.29) is 12.4 Å². The van der Waals surface area contributed by atoms with Gasteiger partial charge in [-0.25, -0.2) is 0 Å². The van der Waals surface area contributed by atoms with Gasteiger partial charge in [-0.05, 0) is 69.1 Å². The van der Waals surface area contributed by atoms with Gasteiger partial charge in [-0.1, -0.05) is 6.92 Å². The highest BCUT2D eigenvalue weighted by Gasteiger charge is 2.17. The molecule has 1 heterocycles. The molecule has 1 aromatic rings. The number of hydrogen-bond acceptors (Lipinski definition) is 4. The molecule has 0 saturated carbocycles. The molecule has 5 heteroatoms. The second kappa shape index (κ2) is 10.7. The number of halogens is 1. The van der Waals surface area contributed by atoms with Crippen molar-refractivity contribution >= 4 is 12.4 Å². The van der Waals surface area contributed by atoms with Gasteiger partial charge in [0.2, 0.25) is 0 Å². The lowest BCUT2D eigenvalue weighted by molar-refractivity contribution is 0.157. The quantitative estimate of drug-likeness (QED) is 0.797. The van der Waals surface area contributed by atoms with Gasteiger partial charge in [0.05, 0.1) is 6.61 Å². The van der Waals surface area contributed by atoms with Crippen LogP contribution in [-0.4, -0.2) is 44.3 Å². The van der Waals surface area contributed by atoms with Crippen molar-refractivity contribution in [2.75, 3.05) is 39.4 Å². The normalized spacial score (nSPS) is 16.1. The zero-order chi connectivity index (χ0) is 14.9.